The third kappa shape index (κ3) is 4.40. The van der Waals surface area contributed by atoms with E-state index in [1.165, 1.54) is 0 Å². The lowest BCUT2D eigenvalue weighted by atomic mass is 10.1. The quantitative estimate of drug-likeness (QED) is 0.500. The van der Waals surface area contributed by atoms with Gasteiger partial charge in [-0.2, -0.15) is 5.26 Å². The first-order valence-electron chi connectivity index (χ1n) is 9.11. The van der Waals surface area contributed by atoms with E-state index in [4.69, 9.17) is 10.2 Å². The monoisotopic (exact) mass is 395 g/mol. The molecule has 0 aliphatic carbocycles. The zero-order valence-electron chi connectivity index (χ0n) is 15.5. The number of nitriles is 1. The standard InChI is InChI=1S/C24H17N3OS/c25-14-18-5-4-8-21(13-18)23(28)26-15-17-9-11-20(12-10-17)24-27-22(16-29-24)19-6-2-1-3-7-19/h1-13,16H,15H2,(H,26,28). The minimum atomic E-state index is -0.196. The highest BCUT2D eigenvalue weighted by Gasteiger charge is 2.08. The van der Waals surface area contributed by atoms with Crippen molar-refractivity contribution in [2.24, 2.45) is 0 Å². The van der Waals surface area contributed by atoms with Gasteiger partial charge in [-0.1, -0.05) is 60.7 Å². The molecule has 0 unspecified atom stereocenters. The van der Waals surface area contributed by atoms with Gasteiger partial charge in [-0.3, -0.25) is 4.79 Å². The molecule has 0 aliphatic heterocycles. The highest BCUT2D eigenvalue weighted by Crippen LogP contribution is 2.28. The lowest BCUT2D eigenvalue weighted by Crippen LogP contribution is -2.22. The summed E-state index contributed by atoms with van der Waals surface area (Å²) >= 11 is 1.62. The molecule has 0 fully saturated rings. The highest BCUT2D eigenvalue weighted by molar-refractivity contribution is 7.13. The molecule has 0 saturated carbocycles. The molecule has 4 nitrogen and oxygen atoms in total. The molecule has 1 aromatic heterocycles. The largest absolute Gasteiger partial charge is 0.348 e. The molecule has 4 rings (SSSR count). The Labute approximate surface area is 173 Å². The molecule has 0 saturated heterocycles. The van der Waals surface area contributed by atoms with Crippen LogP contribution in [-0.2, 0) is 6.54 Å². The van der Waals surface area contributed by atoms with Crippen molar-refractivity contribution in [2.45, 2.75) is 6.54 Å². The Morgan fingerprint density at radius 1 is 0.966 bits per heavy atom. The van der Waals surface area contributed by atoms with Crippen LogP contribution in [0.3, 0.4) is 0 Å². The summed E-state index contributed by atoms with van der Waals surface area (Å²) in [6, 6.07) is 26.9. The molecule has 1 heterocycles. The minimum Gasteiger partial charge on any atom is -0.348 e. The molecule has 1 amide bonds. The molecule has 0 radical (unpaired) electrons. The fourth-order valence-electron chi connectivity index (χ4n) is 2.93. The number of hydrogen-bond donors (Lipinski definition) is 1. The van der Waals surface area contributed by atoms with Crippen LogP contribution in [0.15, 0.2) is 84.2 Å². The molecule has 1 N–H and O–H groups in total. The van der Waals surface area contributed by atoms with Crippen molar-refractivity contribution in [1.82, 2.24) is 10.3 Å². The molecule has 29 heavy (non-hydrogen) atoms. The van der Waals surface area contributed by atoms with Gasteiger partial charge in [0.2, 0.25) is 0 Å². The number of thiazole rings is 1. The summed E-state index contributed by atoms with van der Waals surface area (Å²) in [6.45, 7) is 0.420. The first-order valence-corrected chi connectivity index (χ1v) is 9.99. The summed E-state index contributed by atoms with van der Waals surface area (Å²) in [5.41, 5.74) is 5.08. The molecule has 4 aromatic rings. The van der Waals surface area contributed by atoms with Crippen LogP contribution in [0.1, 0.15) is 21.5 Å². The number of carbonyl (C=O) groups is 1. The average Bonchev–Trinajstić information content (AvgIpc) is 3.29. The molecular weight excluding hydrogens is 378 g/mol. The number of amides is 1. The lowest BCUT2D eigenvalue weighted by molar-refractivity contribution is 0.0951. The Morgan fingerprint density at radius 3 is 2.52 bits per heavy atom. The molecule has 0 atom stereocenters. The van der Waals surface area contributed by atoms with Crippen molar-refractivity contribution < 1.29 is 4.79 Å². The van der Waals surface area contributed by atoms with Crippen LogP contribution in [0.4, 0.5) is 0 Å². The molecule has 0 aliphatic rings. The first kappa shape index (κ1) is 18.6. The fraction of sp³-hybridized carbons (Fsp3) is 0.0417. The average molecular weight is 395 g/mol. The minimum absolute atomic E-state index is 0.196. The Bertz CT molecular complexity index is 1170. The van der Waals surface area contributed by atoms with E-state index < -0.39 is 0 Å². The number of aromatic nitrogens is 1. The molecule has 0 bridgehead atoms. The second-order valence-electron chi connectivity index (χ2n) is 6.48. The van der Waals surface area contributed by atoms with Gasteiger partial charge in [0.25, 0.3) is 5.91 Å². The molecule has 140 valence electrons. The van der Waals surface area contributed by atoms with E-state index in [0.29, 0.717) is 17.7 Å². The van der Waals surface area contributed by atoms with Gasteiger partial charge >= 0.3 is 0 Å². The van der Waals surface area contributed by atoms with E-state index in [1.54, 1.807) is 35.6 Å². The normalized spacial score (nSPS) is 10.3. The molecular formula is C24H17N3OS. The molecule has 5 heteroatoms. The second-order valence-corrected chi connectivity index (χ2v) is 7.33. The van der Waals surface area contributed by atoms with E-state index in [1.807, 2.05) is 48.5 Å². The summed E-state index contributed by atoms with van der Waals surface area (Å²) in [7, 11) is 0. The highest BCUT2D eigenvalue weighted by atomic mass is 32.1. The van der Waals surface area contributed by atoms with Gasteiger partial charge in [0.1, 0.15) is 5.01 Å². The Hall–Kier alpha value is -3.75. The summed E-state index contributed by atoms with van der Waals surface area (Å²) < 4.78 is 0. The van der Waals surface area contributed by atoms with E-state index >= 15 is 0 Å². The molecule has 0 spiro atoms. The maximum Gasteiger partial charge on any atom is 0.251 e. The van der Waals surface area contributed by atoms with Gasteiger partial charge in [0, 0.05) is 28.6 Å². The maximum atomic E-state index is 12.3. The van der Waals surface area contributed by atoms with Crippen LogP contribution in [0.5, 0.6) is 0 Å². The number of carbonyl (C=O) groups excluding carboxylic acids is 1. The van der Waals surface area contributed by atoms with Crippen LogP contribution < -0.4 is 5.32 Å². The number of hydrogen-bond acceptors (Lipinski definition) is 4. The van der Waals surface area contributed by atoms with E-state index in [9.17, 15) is 4.79 Å². The lowest BCUT2D eigenvalue weighted by Gasteiger charge is -2.06. The number of nitrogens with one attached hydrogen (secondary N) is 1. The number of rotatable bonds is 5. The maximum absolute atomic E-state index is 12.3. The predicted molar refractivity (Wildman–Crippen MR) is 115 cm³/mol. The van der Waals surface area contributed by atoms with Crippen LogP contribution in [-0.4, -0.2) is 10.9 Å². The summed E-state index contributed by atoms with van der Waals surface area (Å²) in [4.78, 5) is 17.0. The summed E-state index contributed by atoms with van der Waals surface area (Å²) in [5, 5.41) is 14.9. The SMILES string of the molecule is N#Cc1cccc(C(=O)NCc2ccc(-c3nc(-c4ccccc4)cs3)cc2)c1. The van der Waals surface area contributed by atoms with Gasteiger partial charge < -0.3 is 5.32 Å². The van der Waals surface area contributed by atoms with Crippen molar-refractivity contribution in [2.75, 3.05) is 0 Å². The van der Waals surface area contributed by atoms with Crippen molar-refractivity contribution in [3.63, 3.8) is 0 Å². The van der Waals surface area contributed by atoms with E-state index in [-0.39, 0.29) is 5.91 Å². The van der Waals surface area contributed by atoms with Gasteiger partial charge in [0.15, 0.2) is 0 Å². The van der Waals surface area contributed by atoms with E-state index in [0.717, 1.165) is 27.4 Å². The van der Waals surface area contributed by atoms with Crippen LogP contribution >= 0.6 is 11.3 Å². The second kappa shape index (κ2) is 8.51. The van der Waals surface area contributed by atoms with Crippen molar-refractivity contribution >= 4 is 17.2 Å². The van der Waals surface area contributed by atoms with Crippen LogP contribution in [0.25, 0.3) is 21.8 Å². The van der Waals surface area contributed by atoms with Gasteiger partial charge in [-0.25, -0.2) is 4.98 Å². The van der Waals surface area contributed by atoms with Gasteiger partial charge in [0.05, 0.1) is 17.3 Å². The Balaban J connectivity index is 1.41. The Kier molecular flexibility index (Phi) is 5.46. The summed E-state index contributed by atoms with van der Waals surface area (Å²) in [6.07, 6.45) is 0. The van der Waals surface area contributed by atoms with Crippen LogP contribution in [0, 0.1) is 11.3 Å². The third-order valence-electron chi connectivity index (χ3n) is 4.48. The van der Waals surface area contributed by atoms with Crippen molar-refractivity contribution in [3.05, 3.63) is 101 Å². The Morgan fingerprint density at radius 2 is 1.76 bits per heavy atom. The topological polar surface area (TPSA) is 65.8 Å². The van der Waals surface area contributed by atoms with Gasteiger partial charge in [-0.05, 0) is 23.8 Å². The zero-order chi connectivity index (χ0) is 20.1. The van der Waals surface area contributed by atoms with Crippen LogP contribution in [0.2, 0.25) is 0 Å². The van der Waals surface area contributed by atoms with Crippen molar-refractivity contribution in [1.29, 1.82) is 5.26 Å². The smallest absolute Gasteiger partial charge is 0.251 e. The van der Waals surface area contributed by atoms with E-state index in [2.05, 4.69) is 22.8 Å². The first-order chi connectivity index (χ1) is 14.2. The number of nitrogens with zero attached hydrogens (tertiary/aromatic N) is 2. The predicted octanol–water partition coefficient (Wildman–Crippen LogP) is 5.28. The molecule has 3 aromatic carbocycles. The van der Waals surface area contributed by atoms with Gasteiger partial charge in [-0.15, -0.1) is 11.3 Å². The third-order valence-corrected chi connectivity index (χ3v) is 5.37. The fourth-order valence-corrected chi connectivity index (χ4v) is 3.76. The summed E-state index contributed by atoms with van der Waals surface area (Å²) in [5.74, 6) is -0.196. The zero-order valence-corrected chi connectivity index (χ0v) is 16.3. The number of benzene rings is 3. The van der Waals surface area contributed by atoms with Crippen molar-refractivity contribution in [3.8, 4) is 27.9 Å².